The Morgan fingerprint density at radius 2 is 1.74 bits per heavy atom. The molecule has 2 aromatic carbocycles. The molecule has 1 aliphatic rings. The number of hydrogen-bond donors (Lipinski definition) is 2. The molecule has 0 radical (unpaired) electrons. The molecule has 0 bridgehead atoms. The van der Waals surface area contributed by atoms with Crippen molar-refractivity contribution in [2.24, 2.45) is 0 Å². The monoisotopic (exact) mass is 376 g/mol. The zero-order chi connectivity index (χ0) is 19.6. The van der Waals surface area contributed by atoms with Gasteiger partial charge in [0.2, 0.25) is 5.75 Å². The summed E-state index contributed by atoms with van der Waals surface area (Å²) in [6.07, 6.45) is 2.54. The van der Waals surface area contributed by atoms with Gasteiger partial charge in [-0.05, 0) is 67.3 Å². The van der Waals surface area contributed by atoms with Gasteiger partial charge in [0.05, 0.1) is 21.3 Å². The third-order valence-electron chi connectivity index (χ3n) is 5.29. The van der Waals surface area contributed by atoms with Crippen LogP contribution >= 0.6 is 0 Å². The van der Waals surface area contributed by atoms with Gasteiger partial charge in [0.25, 0.3) is 0 Å². The lowest BCUT2D eigenvalue weighted by atomic mass is 9.98. The summed E-state index contributed by atoms with van der Waals surface area (Å²) in [7, 11) is 6.73. The van der Waals surface area contributed by atoms with Crippen LogP contribution in [0.15, 0.2) is 24.3 Å². The highest BCUT2D eigenvalue weighted by molar-refractivity contribution is 5.53. The van der Waals surface area contributed by atoms with Crippen LogP contribution in [0.5, 0.6) is 28.7 Å². The fourth-order valence-electron chi connectivity index (χ4n) is 3.83. The normalized spacial score (nSPS) is 16.7. The maximum absolute atomic E-state index is 10.2. The molecule has 0 saturated carbocycles. The molecule has 1 aliphatic heterocycles. The minimum Gasteiger partial charge on any atom is -0.504 e. The van der Waals surface area contributed by atoms with Gasteiger partial charge in [0, 0.05) is 12.6 Å². The predicted molar refractivity (Wildman–Crippen MR) is 103 cm³/mol. The van der Waals surface area contributed by atoms with E-state index >= 15 is 0 Å². The second-order valence-electron chi connectivity index (χ2n) is 6.86. The van der Waals surface area contributed by atoms with Crippen molar-refractivity contribution in [3.8, 4) is 28.7 Å². The smallest absolute Gasteiger partial charge is 0.203 e. The summed E-state index contributed by atoms with van der Waals surface area (Å²) >= 11 is 0. The highest BCUT2D eigenvalue weighted by Crippen LogP contribution is 2.41. The minimum absolute atomic E-state index is 0.0756. The van der Waals surface area contributed by atoms with Crippen molar-refractivity contribution in [1.29, 1.82) is 0 Å². The van der Waals surface area contributed by atoms with Crippen LogP contribution in [0.1, 0.15) is 29.2 Å². The van der Waals surface area contributed by atoms with Crippen LogP contribution in [0.4, 0.5) is 0 Å². The van der Waals surface area contributed by atoms with Gasteiger partial charge in [-0.3, -0.25) is 4.90 Å². The lowest BCUT2D eigenvalue weighted by molar-refractivity contribution is 0.218. The molecule has 2 aromatic rings. The average Bonchev–Trinajstić information content (AvgIpc) is 2.66. The van der Waals surface area contributed by atoms with E-state index in [2.05, 4.69) is 11.9 Å². The Bertz CT molecular complexity index is 821. The summed E-state index contributed by atoms with van der Waals surface area (Å²) in [5.41, 5.74) is 3.32. The molecule has 0 aromatic heterocycles. The van der Waals surface area contributed by atoms with Crippen molar-refractivity contribution < 1.29 is 24.4 Å². The third kappa shape index (κ3) is 3.76. The van der Waals surface area contributed by atoms with E-state index in [1.165, 1.54) is 12.7 Å². The van der Waals surface area contributed by atoms with Gasteiger partial charge in [0.15, 0.2) is 23.0 Å². The Kier molecular flexibility index (Phi) is 5.65. The molecule has 2 N–H and O–H groups in total. The van der Waals surface area contributed by atoms with Crippen molar-refractivity contribution in [1.82, 2.24) is 4.90 Å². The number of hydrogen-bond acceptors (Lipinski definition) is 6. The van der Waals surface area contributed by atoms with Gasteiger partial charge in [-0.15, -0.1) is 0 Å². The lowest BCUT2D eigenvalue weighted by Gasteiger charge is -2.35. The Morgan fingerprint density at radius 1 is 1.00 bits per heavy atom. The average molecular weight is 376 g/mol. The number of benzene rings is 2. The first kappa shape index (κ1) is 19.2. The topological polar surface area (TPSA) is 71.4 Å². The molecule has 0 spiro atoms. The number of likely N-dealkylation sites (N-methyl/N-ethyl adjacent to an activating group) is 1. The van der Waals surface area contributed by atoms with E-state index in [4.69, 9.17) is 14.2 Å². The highest BCUT2D eigenvalue weighted by Gasteiger charge is 2.26. The van der Waals surface area contributed by atoms with Gasteiger partial charge in [-0.25, -0.2) is 0 Å². The molecular formula is C21H27NO5. The molecule has 6 nitrogen and oxygen atoms in total. The molecule has 3 rings (SSSR count). The summed E-state index contributed by atoms with van der Waals surface area (Å²) in [5, 5.41) is 20.4. The van der Waals surface area contributed by atoms with Crippen molar-refractivity contribution in [3.05, 3.63) is 41.0 Å². The number of fused-ring (bicyclic) bond motifs is 1. The molecule has 27 heavy (non-hydrogen) atoms. The van der Waals surface area contributed by atoms with Crippen LogP contribution in [0.2, 0.25) is 0 Å². The first-order valence-electron chi connectivity index (χ1n) is 9.02. The van der Waals surface area contributed by atoms with E-state index in [1.807, 2.05) is 18.2 Å². The molecule has 0 saturated heterocycles. The molecule has 146 valence electrons. The maximum Gasteiger partial charge on any atom is 0.203 e. The number of aromatic hydroxyl groups is 2. The van der Waals surface area contributed by atoms with Gasteiger partial charge in [0.1, 0.15) is 0 Å². The zero-order valence-corrected chi connectivity index (χ0v) is 16.3. The van der Waals surface area contributed by atoms with Crippen molar-refractivity contribution >= 4 is 0 Å². The van der Waals surface area contributed by atoms with Gasteiger partial charge >= 0.3 is 0 Å². The molecule has 6 heteroatoms. The fraction of sp³-hybridized carbons (Fsp3) is 0.429. The van der Waals surface area contributed by atoms with Crippen LogP contribution in [-0.4, -0.2) is 50.0 Å². The zero-order valence-electron chi connectivity index (χ0n) is 16.3. The summed E-state index contributed by atoms with van der Waals surface area (Å²) in [4.78, 5) is 2.30. The Morgan fingerprint density at radius 3 is 2.41 bits per heavy atom. The standard InChI is InChI=1S/C21H27NO5/c1-22-8-7-14-11-19(25-2)17(23)12-15(14)16(22)6-5-13-9-18(24)21(27-4)20(10-13)26-3/h9-12,16,23-24H,5-8H2,1-4H3/i6+2,22+1. The Hall–Kier alpha value is -2.60. The van der Waals surface area contributed by atoms with Crippen LogP contribution in [0.25, 0.3) is 0 Å². The second kappa shape index (κ2) is 7.96. The van der Waals surface area contributed by atoms with E-state index in [0.29, 0.717) is 17.2 Å². The Labute approximate surface area is 159 Å². The van der Waals surface area contributed by atoms with Crippen molar-refractivity contribution in [2.75, 3.05) is 34.9 Å². The molecule has 0 fully saturated rings. The summed E-state index contributed by atoms with van der Waals surface area (Å²) in [5.74, 6) is 1.62. The quantitative estimate of drug-likeness (QED) is 0.754. The molecular weight excluding hydrogens is 349 g/mol. The van der Waals surface area contributed by atoms with Crippen LogP contribution in [-0.2, 0) is 12.8 Å². The molecule has 0 amide bonds. The Balaban J connectivity index is 1.85. The number of phenols is 2. The number of rotatable bonds is 6. The van der Waals surface area contributed by atoms with Gasteiger partial charge < -0.3 is 24.4 Å². The highest BCUT2D eigenvalue weighted by atomic mass is 16.5. The summed E-state index contributed by atoms with van der Waals surface area (Å²) in [6, 6.07) is 7.55. The minimum atomic E-state index is 0.0756. The van der Waals surface area contributed by atoms with Crippen molar-refractivity contribution in [3.63, 3.8) is 0 Å². The number of aryl methyl sites for hydroxylation is 1. The SMILES string of the molecule is COc1cc2c(cc1O)C([14CH2]Cc1cc(O)c(OC)c(OC)c1)[15N](C)CC2. The van der Waals surface area contributed by atoms with E-state index in [1.54, 1.807) is 20.3 Å². The number of nitrogens with zero attached hydrogens (tertiary/aromatic N) is 1. The summed E-state index contributed by atoms with van der Waals surface area (Å²) < 4.78 is 15.8. The predicted octanol–water partition coefficient (Wildman–Crippen LogP) is 3.29. The van der Waals surface area contributed by atoms with E-state index in [-0.39, 0.29) is 17.5 Å². The molecule has 1 unspecified atom stereocenters. The van der Waals surface area contributed by atoms with Crippen LogP contribution in [0, 0.1) is 0 Å². The van der Waals surface area contributed by atoms with Crippen LogP contribution in [0.3, 0.4) is 0 Å². The fourth-order valence-corrected chi connectivity index (χ4v) is 3.83. The van der Waals surface area contributed by atoms with Gasteiger partial charge in [-0.2, -0.15) is 0 Å². The van der Waals surface area contributed by atoms with Gasteiger partial charge in [-0.1, -0.05) is 0 Å². The van der Waals surface area contributed by atoms with Crippen LogP contribution < -0.4 is 14.2 Å². The number of phenolic OH excluding ortho intramolecular Hbond substituents is 2. The first-order valence-corrected chi connectivity index (χ1v) is 9.02. The van der Waals surface area contributed by atoms with E-state index in [9.17, 15) is 10.2 Å². The second-order valence-corrected chi connectivity index (χ2v) is 6.86. The number of methoxy groups -OCH3 is 3. The molecule has 1 atom stereocenters. The van der Waals surface area contributed by atoms with Crippen molar-refractivity contribution in [2.45, 2.75) is 25.3 Å². The first-order chi connectivity index (χ1) is 13.0. The maximum atomic E-state index is 10.2. The molecule has 0 aliphatic carbocycles. The lowest BCUT2D eigenvalue weighted by Crippen LogP contribution is -2.32. The van der Waals surface area contributed by atoms with E-state index in [0.717, 1.165) is 36.9 Å². The molecule has 1 heterocycles. The van der Waals surface area contributed by atoms with E-state index < -0.39 is 0 Å². The largest absolute Gasteiger partial charge is 0.504 e. The number of ether oxygens (including phenoxy) is 3. The third-order valence-corrected chi connectivity index (χ3v) is 5.29. The summed E-state index contributed by atoms with van der Waals surface area (Å²) in [6.45, 7) is 0.947.